The molecular weight excluding hydrogens is 247 g/mol. The molecule has 0 fully saturated rings. The van der Waals surface area contributed by atoms with Gasteiger partial charge in [0, 0.05) is 22.7 Å². The van der Waals surface area contributed by atoms with Crippen molar-refractivity contribution in [2.45, 2.75) is 6.18 Å². The minimum Gasteiger partial charge on any atom is -0.361 e. The number of aromatic amines is 1. The van der Waals surface area contributed by atoms with Crippen LogP contribution in [0.4, 0.5) is 13.2 Å². The summed E-state index contributed by atoms with van der Waals surface area (Å²) in [6.07, 6.45) is -2.88. The van der Waals surface area contributed by atoms with Crippen molar-refractivity contribution in [3.63, 3.8) is 0 Å². The number of fused-ring (bicyclic) bond motifs is 1. The van der Waals surface area contributed by atoms with Gasteiger partial charge in [-0.15, -0.1) is 0 Å². The van der Waals surface area contributed by atoms with Crippen LogP contribution in [0.2, 0.25) is 0 Å². The second kappa shape index (κ2) is 3.59. The van der Waals surface area contributed by atoms with Crippen LogP contribution in [0.3, 0.4) is 0 Å². The maximum absolute atomic E-state index is 12.3. The zero-order valence-corrected chi connectivity index (χ0v) is 8.82. The summed E-state index contributed by atoms with van der Waals surface area (Å²) < 4.78 is 41.1. The number of alkyl halides is 3. The first-order valence-electron chi connectivity index (χ1n) is 5.02. The van der Waals surface area contributed by atoms with Gasteiger partial charge in [0.2, 0.25) is 5.82 Å². The molecule has 0 aliphatic rings. The zero-order valence-electron chi connectivity index (χ0n) is 8.82. The van der Waals surface area contributed by atoms with Crippen molar-refractivity contribution in [1.29, 1.82) is 0 Å². The van der Waals surface area contributed by atoms with E-state index in [1.807, 2.05) is 6.07 Å². The van der Waals surface area contributed by atoms with E-state index < -0.39 is 12.1 Å². The van der Waals surface area contributed by atoms with Crippen LogP contribution < -0.4 is 0 Å². The number of hydrogen-bond acceptors (Lipinski definition) is 3. The van der Waals surface area contributed by atoms with E-state index in [2.05, 4.69) is 19.6 Å². The summed E-state index contributed by atoms with van der Waals surface area (Å²) in [6.45, 7) is 0. The van der Waals surface area contributed by atoms with Crippen molar-refractivity contribution in [1.82, 2.24) is 15.1 Å². The lowest BCUT2D eigenvalue weighted by Crippen LogP contribution is -2.04. The van der Waals surface area contributed by atoms with Crippen LogP contribution in [-0.4, -0.2) is 15.1 Å². The molecule has 0 radical (unpaired) electrons. The monoisotopic (exact) mass is 253 g/mol. The van der Waals surface area contributed by atoms with Crippen molar-refractivity contribution in [2.75, 3.05) is 0 Å². The Kier molecular flexibility index (Phi) is 2.16. The highest BCUT2D eigenvalue weighted by atomic mass is 19.4. The van der Waals surface area contributed by atoms with Gasteiger partial charge in [0.1, 0.15) is 0 Å². The fraction of sp³-hybridized carbons (Fsp3) is 0.0909. The molecule has 0 saturated carbocycles. The number of hydrogen-bond donors (Lipinski definition) is 1. The third-order valence-electron chi connectivity index (χ3n) is 2.48. The highest BCUT2D eigenvalue weighted by Crippen LogP contribution is 2.30. The molecule has 0 bridgehead atoms. The van der Waals surface area contributed by atoms with Gasteiger partial charge in [-0.2, -0.15) is 18.2 Å². The molecule has 0 atom stereocenters. The Labute approximate surface area is 98.4 Å². The molecule has 18 heavy (non-hydrogen) atoms. The largest absolute Gasteiger partial charge is 0.471 e. The number of halogens is 3. The van der Waals surface area contributed by atoms with E-state index >= 15 is 0 Å². The van der Waals surface area contributed by atoms with Crippen LogP contribution in [0.25, 0.3) is 22.3 Å². The first-order valence-corrected chi connectivity index (χ1v) is 5.02. The molecule has 4 nitrogen and oxygen atoms in total. The number of aromatic nitrogens is 3. The van der Waals surface area contributed by atoms with E-state index in [4.69, 9.17) is 0 Å². The van der Waals surface area contributed by atoms with E-state index in [-0.39, 0.29) is 5.82 Å². The summed E-state index contributed by atoms with van der Waals surface area (Å²) in [6, 6.07) is 6.87. The SMILES string of the molecule is FC(F)(F)c1nc(-c2ccc3[nH]ccc3c2)no1. The standard InChI is InChI=1S/C11H6F3N3O/c12-11(13,14)10-16-9(17-18-10)7-1-2-8-6(5-7)3-4-15-8/h1-5,15H. The molecule has 0 unspecified atom stereocenters. The average molecular weight is 253 g/mol. The van der Waals surface area contributed by atoms with Crippen LogP contribution in [-0.2, 0) is 6.18 Å². The molecule has 0 aliphatic heterocycles. The third kappa shape index (κ3) is 1.73. The lowest BCUT2D eigenvalue weighted by molar-refractivity contribution is -0.159. The van der Waals surface area contributed by atoms with E-state index in [0.717, 1.165) is 10.9 Å². The Morgan fingerprint density at radius 2 is 2.00 bits per heavy atom. The van der Waals surface area contributed by atoms with Crippen LogP contribution >= 0.6 is 0 Å². The Balaban J connectivity index is 2.06. The molecule has 2 heterocycles. The zero-order chi connectivity index (χ0) is 12.8. The first-order chi connectivity index (χ1) is 8.54. The Morgan fingerprint density at radius 1 is 1.17 bits per heavy atom. The van der Waals surface area contributed by atoms with Gasteiger partial charge in [0.15, 0.2) is 0 Å². The summed E-state index contributed by atoms with van der Waals surface area (Å²) in [5.41, 5.74) is 1.36. The van der Waals surface area contributed by atoms with E-state index in [1.54, 1.807) is 24.4 Å². The van der Waals surface area contributed by atoms with Crippen molar-refractivity contribution in [3.8, 4) is 11.4 Å². The van der Waals surface area contributed by atoms with Gasteiger partial charge in [-0.3, -0.25) is 0 Å². The normalized spacial score (nSPS) is 12.2. The molecule has 3 aromatic rings. The fourth-order valence-corrected chi connectivity index (χ4v) is 1.65. The molecule has 0 spiro atoms. The molecule has 0 saturated heterocycles. The predicted octanol–water partition coefficient (Wildman–Crippen LogP) is 3.24. The first kappa shape index (κ1) is 10.8. The minimum atomic E-state index is -4.62. The van der Waals surface area contributed by atoms with Gasteiger partial charge in [-0.25, -0.2) is 0 Å². The third-order valence-corrected chi connectivity index (χ3v) is 2.48. The van der Waals surface area contributed by atoms with Gasteiger partial charge in [0.25, 0.3) is 0 Å². The molecule has 0 amide bonds. The molecule has 2 aromatic heterocycles. The smallest absolute Gasteiger partial charge is 0.361 e. The van der Waals surface area contributed by atoms with Gasteiger partial charge in [0.05, 0.1) is 0 Å². The summed E-state index contributed by atoms with van der Waals surface area (Å²) >= 11 is 0. The van der Waals surface area contributed by atoms with Gasteiger partial charge < -0.3 is 9.51 Å². The Hall–Kier alpha value is -2.31. The summed E-state index contributed by atoms with van der Waals surface area (Å²) in [4.78, 5) is 6.31. The number of nitrogens with zero attached hydrogens (tertiary/aromatic N) is 2. The molecule has 3 rings (SSSR count). The molecule has 0 aliphatic carbocycles. The highest BCUT2D eigenvalue weighted by molar-refractivity contribution is 5.83. The maximum atomic E-state index is 12.3. The molecule has 7 heteroatoms. The van der Waals surface area contributed by atoms with E-state index in [9.17, 15) is 13.2 Å². The molecule has 1 aromatic carbocycles. The lowest BCUT2D eigenvalue weighted by atomic mass is 10.1. The van der Waals surface area contributed by atoms with Crippen molar-refractivity contribution in [2.24, 2.45) is 0 Å². The van der Waals surface area contributed by atoms with Crippen molar-refractivity contribution < 1.29 is 17.7 Å². The number of benzene rings is 1. The molecule has 1 N–H and O–H groups in total. The van der Waals surface area contributed by atoms with Gasteiger partial charge >= 0.3 is 12.1 Å². The summed E-state index contributed by atoms with van der Waals surface area (Å²) in [7, 11) is 0. The average Bonchev–Trinajstić information content (AvgIpc) is 2.96. The van der Waals surface area contributed by atoms with Crippen LogP contribution in [0, 0.1) is 0 Å². The van der Waals surface area contributed by atoms with Crippen molar-refractivity contribution in [3.05, 3.63) is 36.4 Å². The Morgan fingerprint density at radius 3 is 2.72 bits per heavy atom. The van der Waals surface area contributed by atoms with E-state index in [1.165, 1.54) is 0 Å². The van der Waals surface area contributed by atoms with Crippen molar-refractivity contribution >= 4 is 10.9 Å². The van der Waals surface area contributed by atoms with Gasteiger partial charge in [-0.1, -0.05) is 5.16 Å². The highest BCUT2D eigenvalue weighted by Gasteiger charge is 2.38. The molecule has 92 valence electrons. The predicted molar refractivity (Wildman–Crippen MR) is 56.6 cm³/mol. The second-order valence-corrected chi connectivity index (χ2v) is 3.70. The lowest BCUT2D eigenvalue weighted by Gasteiger charge is -1.96. The van der Waals surface area contributed by atoms with Crippen LogP contribution in [0.5, 0.6) is 0 Å². The minimum absolute atomic E-state index is 0.0783. The topological polar surface area (TPSA) is 54.7 Å². The van der Waals surface area contributed by atoms with Crippen LogP contribution in [0.1, 0.15) is 5.89 Å². The number of rotatable bonds is 1. The quantitative estimate of drug-likeness (QED) is 0.724. The second-order valence-electron chi connectivity index (χ2n) is 3.70. The van der Waals surface area contributed by atoms with Gasteiger partial charge in [-0.05, 0) is 24.3 Å². The Bertz CT molecular complexity index is 699. The fourth-order valence-electron chi connectivity index (χ4n) is 1.65. The maximum Gasteiger partial charge on any atom is 0.471 e. The summed E-state index contributed by atoms with van der Waals surface area (Å²) in [5.74, 6) is -1.42. The number of nitrogens with one attached hydrogen (secondary N) is 1. The molecular formula is C11H6F3N3O. The number of H-pyrrole nitrogens is 1. The van der Waals surface area contributed by atoms with E-state index in [0.29, 0.717) is 5.56 Å². The van der Waals surface area contributed by atoms with Crippen LogP contribution in [0.15, 0.2) is 35.0 Å². The summed E-state index contributed by atoms with van der Waals surface area (Å²) in [5, 5.41) is 4.19.